The Morgan fingerprint density at radius 2 is 1.89 bits per heavy atom. The predicted octanol–water partition coefficient (Wildman–Crippen LogP) is 1.87. The third-order valence-corrected chi connectivity index (χ3v) is 2.99. The first-order valence-corrected chi connectivity index (χ1v) is 6.46. The summed E-state index contributed by atoms with van der Waals surface area (Å²) in [4.78, 5) is 14.0. The SMILES string of the molecule is CC1CN(CC(=O)Nc2ccc(F)cc2)CC(C)O1. The molecule has 19 heavy (non-hydrogen) atoms. The molecule has 1 aromatic carbocycles. The second-order valence-electron chi connectivity index (χ2n) is 5.01. The number of benzene rings is 1. The van der Waals surface area contributed by atoms with Gasteiger partial charge in [-0.05, 0) is 38.1 Å². The van der Waals surface area contributed by atoms with Crippen LogP contribution in [0.25, 0.3) is 0 Å². The lowest BCUT2D eigenvalue weighted by atomic mass is 10.2. The molecule has 1 saturated heterocycles. The molecule has 1 fully saturated rings. The number of nitrogens with one attached hydrogen (secondary N) is 1. The van der Waals surface area contributed by atoms with E-state index in [0.29, 0.717) is 12.2 Å². The van der Waals surface area contributed by atoms with Crippen molar-refractivity contribution in [3.8, 4) is 0 Å². The zero-order valence-electron chi connectivity index (χ0n) is 11.2. The zero-order valence-corrected chi connectivity index (χ0v) is 11.2. The second kappa shape index (κ2) is 6.12. The third-order valence-electron chi connectivity index (χ3n) is 2.99. The summed E-state index contributed by atoms with van der Waals surface area (Å²) in [5.74, 6) is -0.401. The van der Waals surface area contributed by atoms with Gasteiger partial charge in [-0.2, -0.15) is 0 Å². The molecule has 0 aliphatic carbocycles. The van der Waals surface area contributed by atoms with Gasteiger partial charge in [0.2, 0.25) is 5.91 Å². The topological polar surface area (TPSA) is 41.6 Å². The summed E-state index contributed by atoms with van der Waals surface area (Å²) in [7, 11) is 0. The second-order valence-corrected chi connectivity index (χ2v) is 5.01. The Morgan fingerprint density at radius 1 is 1.32 bits per heavy atom. The molecule has 1 amide bonds. The van der Waals surface area contributed by atoms with Gasteiger partial charge in [-0.15, -0.1) is 0 Å². The number of hydrogen-bond acceptors (Lipinski definition) is 3. The number of amides is 1. The summed E-state index contributed by atoms with van der Waals surface area (Å²) in [6.45, 7) is 5.83. The number of rotatable bonds is 3. The predicted molar refractivity (Wildman–Crippen MR) is 71.5 cm³/mol. The van der Waals surface area contributed by atoms with Crippen LogP contribution in [0.1, 0.15) is 13.8 Å². The summed E-state index contributed by atoms with van der Waals surface area (Å²) < 4.78 is 18.4. The molecule has 0 radical (unpaired) electrons. The highest BCUT2D eigenvalue weighted by Gasteiger charge is 2.23. The van der Waals surface area contributed by atoms with Crippen LogP contribution in [0.2, 0.25) is 0 Å². The minimum absolute atomic E-state index is 0.0899. The fraction of sp³-hybridized carbons (Fsp3) is 0.500. The van der Waals surface area contributed by atoms with Crippen molar-refractivity contribution >= 4 is 11.6 Å². The summed E-state index contributed by atoms with van der Waals surface area (Å²) in [6, 6.07) is 5.76. The van der Waals surface area contributed by atoms with Gasteiger partial charge in [0.25, 0.3) is 0 Å². The number of hydrogen-bond donors (Lipinski definition) is 1. The fourth-order valence-electron chi connectivity index (χ4n) is 2.35. The molecule has 1 N–H and O–H groups in total. The minimum Gasteiger partial charge on any atom is -0.373 e. The third kappa shape index (κ3) is 4.29. The first kappa shape index (κ1) is 14.0. The summed E-state index contributed by atoms with van der Waals surface area (Å²) in [6.07, 6.45) is 0.282. The van der Waals surface area contributed by atoms with Crippen LogP contribution in [0.5, 0.6) is 0 Å². The number of nitrogens with zero attached hydrogens (tertiary/aromatic N) is 1. The molecule has 0 aromatic heterocycles. The zero-order chi connectivity index (χ0) is 13.8. The molecule has 1 aliphatic heterocycles. The van der Waals surface area contributed by atoms with Crippen LogP contribution < -0.4 is 5.32 Å². The van der Waals surface area contributed by atoms with Crippen LogP contribution in [0.4, 0.5) is 10.1 Å². The first-order chi connectivity index (χ1) is 9.02. The van der Waals surface area contributed by atoms with Crippen molar-refractivity contribution in [1.29, 1.82) is 0 Å². The standard InChI is InChI=1S/C14H19FN2O2/c1-10-7-17(8-11(2)19-10)9-14(18)16-13-5-3-12(15)4-6-13/h3-6,10-11H,7-9H2,1-2H3,(H,16,18). The molecular weight excluding hydrogens is 247 g/mol. The maximum atomic E-state index is 12.7. The van der Waals surface area contributed by atoms with Crippen LogP contribution in [-0.4, -0.2) is 42.6 Å². The van der Waals surface area contributed by atoms with Crippen molar-refractivity contribution in [2.24, 2.45) is 0 Å². The van der Waals surface area contributed by atoms with Crippen LogP contribution in [-0.2, 0) is 9.53 Å². The maximum Gasteiger partial charge on any atom is 0.238 e. The molecule has 0 saturated carbocycles. The van der Waals surface area contributed by atoms with E-state index >= 15 is 0 Å². The van der Waals surface area contributed by atoms with E-state index < -0.39 is 0 Å². The Kier molecular flexibility index (Phi) is 4.50. The van der Waals surface area contributed by atoms with Crippen molar-refractivity contribution < 1.29 is 13.9 Å². The number of morpholine rings is 1. The van der Waals surface area contributed by atoms with Crippen LogP contribution in [0.15, 0.2) is 24.3 Å². The quantitative estimate of drug-likeness (QED) is 0.908. The Labute approximate surface area is 112 Å². The van der Waals surface area contributed by atoms with Gasteiger partial charge >= 0.3 is 0 Å². The van der Waals surface area contributed by atoms with Gasteiger partial charge in [-0.3, -0.25) is 9.69 Å². The Hall–Kier alpha value is -1.46. The van der Waals surface area contributed by atoms with E-state index in [-0.39, 0.29) is 23.9 Å². The molecule has 0 spiro atoms. The number of anilines is 1. The molecule has 2 rings (SSSR count). The van der Waals surface area contributed by atoms with E-state index in [0.717, 1.165) is 13.1 Å². The number of ether oxygens (including phenoxy) is 1. The highest BCUT2D eigenvalue weighted by molar-refractivity contribution is 5.92. The van der Waals surface area contributed by atoms with Crippen molar-refractivity contribution in [2.75, 3.05) is 25.0 Å². The van der Waals surface area contributed by atoms with E-state index in [2.05, 4.69) is 10.2 Å². The normalized spacial score (nSPS) is 24.2. The van der Waals surface area contributed by atoms with Crippen molar-refractivity contribution in [2.45, 2.75) is 26.1 Å². The lowest BCUT2D eigenvalue weighted by molar-refractivity contribution is -0.121. The van der Waals surface area contributed by atoms with Gasteiger partial charge in [-0.25, -0.2) is 4.39 Å². The van der Waals surface area contributed by atoms with E-state index in [9.17, 15) is 9.18 Å². The maximum absolute atomic E-state index is 12.7. The highest BCUT2D eigenvalue weighted by atomic mass is 19.1. The molecular formula is C14H19FN2O2. The average Bonchev–Trinajstić information content (AvgIpc) is 2.30. The van der Waals surface area contributed by atoms with Crippen LogP contribution in [0, 0.1) is 5.82 Å². The number of carbonyl (C=O) groups excluding carboxylic acids is 1. The smallest absolute Gasteiger partial charge is 0.238 e. The first-order valence-electron chi connectivity index (χ1n) is 6.46. The van der Waals surface area contributed by atoms with Gasteiger partial charge in [0.1, 0.15) is 5.82 Å². The fourth-order valence-corrected chi connectivity index (χ4v) is 2.35. The van der Waals surface area contributed by atoms with Gasteiger partial charge in [-0.1, -0.05) is 0 Å². The highest BCUT2D eigenvalue weighted by Crippen LogP contribution is 2.11. The molecule has 1 aromatic rings. The number of carbonyl (C=O) groups is 1. The van der Waals surface area contributed by atoms with Gasteiger partial charge < -0.3 is 10.1 Å². The molecule has 1 heterocycles. The van der Waals surface area contributed by atoms with E-state index in [4.69, 9.17) is 4.74 Å². The molecule has 104 valence electrons. The van der Waals surface area contributed by atoms with E-state index in [1.165, 1.54) is 12.1 Å². The number of halogens is 1. The van der Waals surface area contributed by atoms with Crippen molar-refractivity contribution in [1.82, 2.24) is 4.90 Å². The average molecular weight is 266 g/mol. The molecule has 1 aliphatic rings. The van der Waals surface area contributed by atoms with Gasteiger partial charge in [0.05, 0.1) is 18.8 Å². The monoisotopic (exact) mass is 266 g/mol. The Morgan fingerprint density at radius 3 is 2.47 bits per heavy atom. The van der Waals surface area contributed by atoms with Crippen LogP contribution in [0.3, 0.4) is 0 Å². The van der Waals surface area contributed by atoms with E-state index in [1.54, 1.807) is 12.1 Å². The van der Waals surface area contributed by atoms with Gasteiger partial charge in [0.15, 0.2) is 0 Å². The lowest BCUT2D eigenvalue weighted by Crippen LogP contribution is -2.48. The molecule has 2 atom stereocenters. The molecule has 4 nitrogen and oxygen atoms in total. The lowest BCUT2D eigenvalue weighted by Gasteiger charge is -2.34. The summed E-state index contributed by atoms with van der Waals surface area (Å²) in [5, 5.41) is 2.76. The van der Waals surface area contributed by atoms with Crippen molar-refractivity contribution in [3.05, 3.63) is 30.1 Å². The van der Waals surface area contributed by atoms with Crippen molar-refractivity contribution in [3.63, 3.8) is 0 Å². The van der Waals surface area contributed by atoms with Gasteiger partial charge in [0, 0.05) is 18.8 Å². The molecule has 5 heteroatoms. The minimum atomic E-state index is -0.311. The summed E-state index contributed by atoms with van der Waals surface area (Å²) >= 11 is 0. The molecule has 0 bridgehead atoms. The largest absolute Gasteiger partial charge is 0.373 e. The Bertz CT molecular complexity index is 426. The Balaban J connectivity index is 1.85. The molecule has 2 unspecified atom stereocenters. The van der Waals surface area contributed by atoms with Crippen LogP contribution >= 0.6 is 0 Å². The van der Waals surface area contributed by atoms with E-state index in [1.807, 2.05) is 13.8 Å². The summed E-state index contributed by atoms with van der Waals surface area (Å²) in [5.41, 5.74) is 0.612.